The van der Waals surface area contributed by atoms with Crippen molar-refractivity contribution < 1.29 is 26.2 Å². The molecule has 0 nitrogen and oxygen atoms in total. The molecule has 0 fully saturated rings. The number of allylic oxidation sites excluding steroid dienone is 4. The van der Waals surface area contributed by atoms with E-state index in [1.54, 1.807) is 0 Å². The van der Waals surface area contributed by atoms with Crippen molar-refractivity contribution in [2.45, 2.75) is 36.7 Å². The van der Waals surface area contributed by atoms with Crippen LogP contribution in [0.5, 0.6) is 0 Å². The Hall–Kier alpha value is -1.96. The summed E-state index contributed by atoms with van der Waals surface area (Å²) in [5.74, 6) is 0. The van der Waals surface area contributed by atoms with Gasteiger partial charge in [0, 0.05) is 26.2 Å². The molecule has 0 spiro atoms. The fourth-order valence-electron chi connectivity index (χ4n) is 6.06. The molecular weight excluding hydrogens is 599 g/mol. The molecule has 2 radical (unpaired) electrons. The molecule has 4 heteroatoms. The fraction of sp³-hybridized carbons (Fsp3) is 0.176. The van der Waals surface area contributed by atoms with Gasteiger partial charge in [0.1, 0.15) is 9.52 Å². The fourth-order valence-corrected chi connectivity index (χ4v) is 9.56. The first kappa shape index (κ1) is 27.6. The van der Waals surface area contributed by atoms with Gasteiger partial charge in [0.25, 0.3) is 0 Å². The molecule has 186 valence electrons. The Bertz CT molecular complexity index is 1490. The average molecular weight is 627 g/mol. The smallest absolute Gasteiger partial charge is 0.114 e. The van der Waals surface area contributed by atoms with Gasteiger partial charge in [-0.15, -0.1) is 23.2 Å². The molecule has 0 amide bonds. The van der Waals surface area contributed by atoms with E-state index in [2.05, 4.69) is 125 Å². The first-order valence-corrected chi connectivity index (χ1v) is 14.4. The Kier molecular flexibility index (Phi) is 7.42. The van der Waals surface area contributed by atoms with Crippen molar-refractivity contribution in [2.75, 3.05) is 0 Å². The molecular formula is C34H28Cl2SiZr. The van der Waals surface area contributed by atoms with E-state index in [1.807, 2.05) is 0 Å². The van der Waals surface area contributed by atoms with E-state index in [4.69, 9.17) is 23.2 Å². The predicted octanol–water partition coefficient (Wildman–Crippen LogP) is 9.82. The molecule has 0 saturated heterocycles. The summed E-state index contributed by atoms with van der Waals surface area (Å²) in [5.41, 5.74) is 14.6. The third kappa shape index (κ3) is 4.03. The molecule has 4 aromatic carbocycles. The van der Waals surface area contributed by atoms with Crippen LogP contribution >= 0.6 is 23.2 Å². The van der Waals surface area contributed by atoms with Crippen LogP contribution in [-0.4, -0.2) is 9.52 Å². The number of alkyl halides is 2. The van der Waals surface area contributed by atoms with Crippen LogP contribution < -0.4 is 0 Å². The number of hydrogen-bond acceptors (Lipinski definition) is 0. The van der Waals surface area contributed by atoms with Gasteiger partial charge in [0.15, 0.2) is 0 Å². The van der Waals surface area contributed by atoms with Crippen molar-refractivity contribution in [3.63, 3.8) is 0 Å². The predicted molar refractivity (Wildman–Crippen MR) is 161 cm³/mol. The molecule has 2 aliphatic carbocycles. The topological polar surface area (TPSA) is 0 Å². The van der Waals surface area contributed by atoms with Crippen molar-refractivity contribution in [1.82, 2.24) is 0 Å². The Labute approximate surface area is 257 Å². The Morgan fingerprint density at radius 2 is 0.868 bits per heavy atom. The number of benzene rings is 4. The van der Waals surface area contributed by atoms with Crippen molar-refractivity contribution >= 4 is 43.9 Å². The molecule has 0 saturated carbocycles. The van der Waals surface area contributed by atoms with Crippen LogP contribution in [0.15, 0.2) is 108 Å². The number of halogens is 2. The van der Waals surface area contributed by atoms with E-state index in [0.29, 0.717) is 0 Å². The first-order valence-electron chi connectivity index (χ1n) is 12.7. The molecule has 0 aromatic heterocycles. The maximum Gasteiger partial charge on any atom is 0.118 e. The van der Waals surface area contributed by atoms with E-state index in [0.717, 1.165) is 0 Å². The van der Waals surface area contributed by atoms with Crippen LogP contribution in [0.4, 0.5) is 0 Å². The monoisotopic (exact) mass is 624 g/mol. The molecule has 6 rings (SSSR count). The molecule has 0 N–H and O–H groups in total. The number of rotatable bonds is 4. The Morgan fingerprint density at radius 3 is 1.24 bits per heavy atom. The first-order chi connectivity index (χ1) is 17.8. The van der Waals surface area contributed by atoms with Gasteiger partial charge in [0.05, 0.1) is 8.99 Å². The van der Waals surface area contributed by atoms with Crippen molar-refractivity contribution in [3.05, 3.63) is 130 Å². The normalized spacial score (nSPS) is 21.8. The summed E-state index contributed by atoms with van der Waals surface area (Å²) >= 11 is 15.5. The molecule has 38 heavy (non-hydrogen) atoms. The summed E-state index contributed by atoms with van der Waals surface area (Å²) in [6, 6.07) is 34.3. The van der Waals surface area contributed by atoms with E-state index in [-0.39, 0.29) is 35.7 Å². The Morgan fingerprint density at radius 1 is 0.500 bits per heavy atom. The number of hydrogen-bond donors (Lipinski definition) is 0. The second-order valence-corrected chi connectivity index (χ2v) is 13.6. The van der Waals surface area contributed by atoms with E-state index in [1.165, 1.54) is 66.8 Å². The summed E-state index contributed by atoms with van der Waals surface area (Å²) in [7, 11) is 0.235. The Balaban J connectivity index is 0.00000294. The van der Waals surface area contributed by atoms with Gasteiger partial charge in [-0.05, 0) is 94.5 Å². The van der Waals surface area contributed by atoms with Gasteiger partial charge >= 0.3 is 0 Å². The maximum absolute atomic E-state index is 7.76. The summed E-state index contributed by atoms with van der Waals surface area (Å²) < 4.78 is -1.34. The summed E-state index contributed by atoms with van der Waals surface area (Å²) in [4.78, 5) is 0. The van der Waals surface area contributed by atoms with Crippen LogP contribution in [0.1, 0.15) is 49.9 Å². The zero-order valence-electron chi connectivity index (χ0n) is 22.0. The zero-order valence-corrected chi connectivity index (χ0v) is 27.0. The van der Waals surface area contributed by atoms with Crippen molar-refractivity contribution in [2.24, 2.45) is 0 Å². The summed E-state index contributed by atoms with van der Waals surface area (Å²) in [6.45, 7) is 8.79. The zero-order chi connectivity index (χ0) is 25.9. The quantitative estimate of drug-likeness (QED) is 0.156. The molecule has 2 atom stereocenters. The van der Waals surface area contributed by atoms with Crippen LogP contribution in [0, 0.1) is 0 Å². The minimum absolute atomic E-state index is 0. The van der Waals surface area contributed by atoms with Gasteiger partial charge < -0.3 is 0 Å². The van der Waals surface area contributed by atoms with E-state index >= 15 is 0 Å². The van der Waals surface area contributed by atoms with Crippen molar-refractivity contribution in [1.29, 1.82) is 0 Å². The second kappa shape index (κ2) is 10.2. The van der Waals surface area contributed by atoms with Crippen molar-refractivity contribution in [3.8, 4) is 22.3 Å². The largest absolute Gasteiger partial charge is 0.118 e. The van der Waals surface area contributed by atoms with Gasteiger partial charge in [-0.2, -0.15) is 0 Å². The molecule has 2 aliphatic rings. The van der Waals surface area contributed by atoms with E-state index < -0.39 is 8.99 Å². The number of fused-ring (bicyclic) bond motifs is 2. The minimum Gasteiger partial charge on any atom is -0.114 e. The van der Waals surface area contributed by atoms with Crippen LogP contribution in [0.3, 0.4) is 0 Å². The molecule has 0 heterocycles. The molecule has 0 aliphatic heterocycles. The third-order valence-electron chi connectivity index (χ3n) is 8.29. The van der Waals surface area contributed by atoms with Gasteiger partial charge in [-0.1, -0.05) is 97.1 Å². The van der Waals surface area contributed by atoms with Crippen LogP contribution in [0.2, 0.25) is 0 Å². The van der Waals surface area contributed by atoms with Gasteiger partial charge in [-0.3, -0.25) is 0 Å². The van der Waals surface area contributed by atoms with E-state index in [9.17, 15) is 0 Å². The minimum atomic E-state index is -0.669. The molecule has 0 unspecified atom stereocenters. The van der Waals surface area contributed by atoms with Crippen LogP contribution in [-0.2, 0) is 35.2 Å². The molecule has 4 aromatic rings. The van der Waals surface area contributed by atoms with Gasteiger partial charge in [-0.25, -0.2) is 0 Å². The van der Waals surface area contributed by atoms with Gasteiger partial charge in [0.2, 0.25) is 0 Å². The summed E-state index contributed by atoms with van der Waals surface area (Å²) in [5, 5.41) is 0. The summed E-state index contributed by atoms with van der Waals surface area (Å²) in [6.07, 6.45) is 0. The SMILES string of the molecule is CC1=C(C)[C@](Cl)([Si][C@@]2(Cl)C(C)=C(C)c3c(-c4ccccc4)cccc32)c2cccc(-c3ccccc3)c21.[Zr]. The van der Waals surface area contributed by atoms with Crippen LogP contribution in [0.25, 0.3) is 33.4 Å². The molecule has 0 bridgehead atoms. The standard InChI is InChI=1S/C34H28Cl2Si.Zr/c1-21-23(3)33(35,29-19-11-17-27(31(21)29)25-13-7-5-8-14-25)37-34(36)24(4)22(2)32-28(18-12-20-30(32)34)26-15-9-6-10-16-26;/h5-20H,1-4H3;/t33-,34-;/m0./s1. The average Bonchev–Trinajstić information content (AvgIpc) is 3.25. The second-order valence-electron chi connectivity index (χ2n) is 10.1. The maximum atomic E-state index is 7.76. The third-order valence-corrected chi connectivity index (χ3v) is 11.8.